The van der Waals surface area contributed by atoms with Gasteiger partial charge in [-0.15, -0.1) is 22.7 Å². The van der Waals surface area contributed by atoms with Gasteiger partial charge in [0.15, 0.2) is 0 Å². The maximum Gasteiger partial charge on any atom is 0.235 e. The Hall–Kier alpha value is -4.06. The van der Waals surface area contributed by atoms with Gasteiger partial charge in [-0.1, -0.05) is 78.9 Å². The van der Waals surface area contributed by atoms with E-state index in [0.717, 1.165) is 32.9 Å². The molecule has 8 aromatic rings. The molecule has 0 bridgehead atoms. The number of benzene rings is 4. The van der Waals surface area contributed by atoms with E-state index < -0.39 is 0 Å². The topological polar surface area (TPSA) is 30.7 Å². The highest BCUT2D eigenvalue weighted by Gasteiger charge is 2.21. The second-order valence-corrected chi connectivity index (χ2v) is 11.6. The first-order valence-corrected chi connectivity index (χ1v) is 14.0. The van der Waals surface area contributed by atoms with Crippen LogP contribution in [0.25, 0.3) is 68.6 Å². The molecule has 0 atom stereocenters. The highest BCUT2D eigenvalue weighted by molar-refractivity contribution is 7.33. The number of hydrogen-bond acceptors (Lipinski definition) is 4. The molecule has 176 valence electrons. The standard InChI is InChI=1S/C32H21N3S2/c1-18-19(2)35(25-14-8-6-12-21(18)25)32-33-27(20-10-4-3-5-11-20)31-28(34-32)24-17-16-23-22-13-7-9-15-26(22)36-29(23)30(24)37-31/h3-17H,1-2H3. The van der Waals surface area contributed by atoms with Crippen LogP contribution in [-0.4, -0.2) is 14.5 Å². The minimum atomic E-state index is 0.726. The average Bonchev–Trinajstić information content (AvgIpc) is 3.59. The predicted molar refractivity (Wildman–Crippen MR) is 160 cm³/mol. The first kappa shape index (κ1) is 21.1. The lowest BCUT2D eigenvalue weighted by molar-refractivity contribution is 0.941. The summed E-state index contributed by atoms with van der Waals surface area (Å²) in [4.78, 5) is 10.5. The van der Waals surface area contributed by atoms with E-state index >= 15 is 0 Å². The molecule has 0 saturated carbocycles. The first-order chi connectivity index (χ1) is 18.2. The van der Waals surface area contributed by atoms with Crippen LogP contribution in [-0.2, 0) is 0 Å². The van der Waals surface area contributed by atoms with E-state index in [4.69, 9.17) is 9.97 Å². The summed E-state index contributed by atoms with van der Waals surface area (Å²) < 4.78 is 7.31. The Morgan fingerprint density at radius 1 is 0.595 bits per heavy atom. The SMILES string of the molecule is Cc1c(C)n(-c2nc(-c3ccccc3)c3sc4c(ccc5c6ccccc6sc54)c3n2)c2ccccc12. The molecule has 0 N–H and O–H groups in total. The van der Waals surface area contributed by atoms with Gasteiger partial charge in [-0.05, 0) is 31.5 Å². The van der Waals surface area contributed by atoms with Crippen molar-refractivity contribution in [2.45, 2.75) is 13.8 Å². The molecular weight excluding hydrogens is 491 g/mol. The molecule has 37 heavy (non-hydrogen) atoms. The summed E-state index contributed by atoms with van der Waals surface area (Å²) in [6.45, 7) is 4.35. The Kier molecular flexibility index (Phi) is 4.39. The Morgan fingerprint density at radius 2 is 1.30 bits per heavy atom. The van der Waals surface area contributed by atoms with E-state index in [-0.39, 0.29) is 0 Å². The second-order valence-electron chi connectivity index (χ2n) is 9.50. The van der Waals surface area contributed by atoms with Gasteiger partial charge in [0, 0.05) is 37.5 Å². The van der Waals surface area contributed by atoms with Gasteiger partial charge in [0.05, 0.1) is 30.8 Å². The molecule has 0 saturated heterocycles. The summed E-state index contributed by atoms with van der Waals surface area (Å²) >= 11 is 3.69. The van der Waals surface area contributed by atoms with E-state index in [2.05, 4.69) is 109 Å². The molecule has 0 fully saturated rings. The number of thiophene rings is 2. The predicted octanol–water partition coefficient (Wildman–Crippen LogP) is 9.44. The monoisotopic (exact) mass is 511 g/mol. The molecule has 8 rings (SSSR count). The van der Waals surface area contributed by atoms with Crippen LogP contribution in [0, 0.1) is 13.8 Å². The summed E-state index contributed by atoms with van der Waals surface area (Å²) in [5.41, 5.74) is 6.71. The van der Waals surface area contributed by atoms with Crippen molar-refractivity contribution in [1.29, 1.82) is 0 Å². The lowest BCUT2D eigenvalue weighted by atomic mass is 10.1. The Morgan fingerprint density at radius 3 is 2.16 bits per heavy atom. The van der Waals surface area contributed by atoms with Crippen molar-refractivity contribution < 1.29 is 0 Å². The molecule has 0 unspecified atom stereocenters. The number of fused-ring (bicyclic) bond motifs is 8. The van der Waals surface area contributed by atoms with Crippen LogP contribution in [0.5, 0.6) is 0 Å². The van der Waals surface area contributed by atoms with Crippen molar-refractivity contribution in [3.8, 4) is 17.2 Å². The summed E-state index contributed by atoms with van der Waals surface area (Å²) in [6, 6.07) is 32.3. The van der Waals surface area contributed by atoms with E-state index in [1.807, 2.05) is 22.7 Å². The maximum absolute atomic E-state index is 5.27. The van der Waals surface area contributed by atoms with Gasteiger partial charge in [-0.3, -0.25) is 4.57 Å². The van der Waals surface area contributed by atoms with Crippen molar-refractivity contribution in [3.05, 3.63) is 102 Å². The molecule has 0 amide bonds. The zero-order valence-corrected chi connectivity index (χ0v) is 22.0. The van der Waals surface area contributed by atoms with Gasteiger partial charge in [0.25, 0.3) is 0 Å². The van der Waals surface area contributed by atoms with E-state index in [1.165, 1.54) is 46.9 Å². The third-order valence-corrected chi connectivity index (χ3v) is 10.0. The quantitative estimate of drug-likeness (QED) is 0.231. The summed E-state index contributed by atoms with van der Waals surface area (Å²) in [6.07, 6.45) is 0. The summed E-state index contributed by atoms with van der Waals surface area (Å²) in [5.74, 6) is 0.726. The van der Waals surface area contributed by atoms with Crippen LogP contribution in [0.4, 0.5) is 0 Å². The Labute approximate surface area is 221 Å². The molecule has 0 spiro atoms. The van der Waals surface area contributed by atoms with Crippen molar-refractivity contribution in [3.63, 3.8) is 0 Å². The minimum absolute atomic E-state index is 0.726. The fourth-order valence-corrected chi connectivity index (χ4v) is 8.14. The molecule has 4 heterocycles. The molecule has 0 aliphatic carbocycles. The lowest BCUT2D eigenvalue weighted by Gasteiger charge is -2.10. The number of para-hydroxylation sites is 1. The highest BCUT2D eigenvalue weighted by atomic mass is 32.1. The highest BCUT2D eigenvalue weighted by Crippen LogP contribution is 2.46. The van der Waals surface area contributed by atoms with Crippen molar-refractivity contribution in [2.24, 2.45) is 0 Å². The van der Waals surface area contributed by atoms with Gasteiger partial charge in [0.1, 0.15) is 0 Å². The van der Waals surface area contributed by atoms with Gasteiger partial charge in [-0.25, -0.2) is 9.97 Å². The molecule has 3 nitrogen and oxygen atoms in total. The Balaban J connectivity index is 1.53. The van der Waals surface area contributed by atoms with Crippen LogP contribution in [0.3, 0.4) is 0 Å². The largest absolute Gasteiger partial charge is 0.282 e. The molecule has 4 aromatic heterocycles. The molecule has 5 heteroatoms. The number of aromatic nitrogens is 3. The van der Waals surface area contributed by atoms with Gasteiger partial charge < -0.3 is 0 Å². The molecule has 4 aromatic carbocycles. The molecule has 0 aliphatic rings. The minimum Gasteiger partial charge on any atom is -0.282 e. The average molecular weight is 512 g/mol. The zero-order valence-electron chi connectivity index (χ0n) is 20.3. The fourth-order valence-electron chi connectivity index (χ4n) is 5.55. The first-order valence-electron chi connectivity index (χ1n) is 12.4. The van der Waals surface area contributed by atoms with Crippen molar-refractivity contribution in [1.82, 2.24) is 14.5 Å². The number of aryl methyl sites for hydroxylation is 1. The fraction of sp³-hybridized carbons (Fsp3) is 0.0625. The van der Waals surface area contributed by atoms with Crippen LogP contribution < -0.4 is 0 Å². The van der Waals surface area contributed by atoms with Gasteiger partial charge in [0.2, 0.25) is 5.95 Å². The number of hydrogen-bond donors (Lipinski definition) is 0. The van der Waals surface area contributed by atoms with Crippen LogP contribution in [0.2, 0.25) is 0 Å². The zero-order chi connectivity index (χ0) is 24.7. The smallest absolute Gasteiger partial charge is 0.235 e. The number of rotatable bonds is 2. The van der Waals surface area contributed by atoms with Gasteiger partial charge in [-0.2, -0.15) is 0 Å². The molecule has 0 radical (unpaired) electrons. The third-order valence-electron chi connectivity index (χ3n) is 7.49. The Bertz CT molecular complexity index is 2160. The normalized spacial score (nSPS) is 12.1. The van der Waals surface area contributed by atoms with E-state index in [0.29, 0.717) is 0 Å². The van der Waals surface area contributed by atoms with Gasteiger partial charge >= 0.3 is 0 Å². The van der Waals surface area contributed by atoms with Crippen molar-refractivity contribution in [2.75, 3.05) is 0 Å². The summed E-state index contributed by atoms with van der Waals surface area (Å²) in [5, 5.41) is 5.08. The number of nitrogens with zero attached hydrogens (tertiary/aromatic N) is 3. The van der Waals surface area contributed by atoms with Crippen LogP contribution in [0.15, 0.2) is 91.0 Å². The lowest BCUT2D eigenvalue weighted by Crippen LogP contribution is -2.04. The molecular formula is C32H21N3S2. The summed E-state index contributed by atoms with van der Waals surface area (Å²) in [7, 11) is 0. The maximum atomic E-state index is 5.27. The molecule has 0 aliphatic heterocycles. The van der Waals surface area contributed by atoms with Crippen LogP contribution >= 0.6 is 22.7 Å². The van der Waals surface area contributed by atoms with E-state index in [1.54, 1.807) is 0 Å². The second kappa shape index (κ2) is 7.72. The van der Waals surface area contributed by atoms with E-state index in [9.17, 15) is 0 Å². The third kappa shape index (κ3) is 2.92. The van der Waals surface area contributed by atoms with Crippen molar-refractivity contribution >= 4 is 74.1 Å². The van der Waals surface area contributed by atoms with Crippen LogP contribution in [0.1, 0.15) is 11.3 Å².